The minimum absolute atomic E-state index is 0.0579. The molecule has 2 unspecified atom stereocenters. The van der Waals surface area contributed by atoms with Crippen LogP contribution in [0.3, 0.4) is 0 Å². The number of benzene rings is 1. The molecule has 2 aliphatic rings. The number of aryl methyl sites for hydroxylation is 1. The third-order valence-electron chi connectivity index (χ3n) is 6.92. The van der Waals surface area contributed by atoms with E-state index in [0.717, 1.165) is 23.1 Å². The van der Waals surface area contributed by atoms with E-state index in [4.69, 9.17) is 26.1 Å². The zero-order valence-electron chi connectivity index (χ0n) is 19.7. The summed E-state index contributed by atoms with van der Waals surface area (Å²) in [6.07, 6.45) is -3.74. The molecule has 3 heterocycles. The molecular weight excluding hydrogens is 568 g/mol. The number of rotatable bonds is 7. The Morgan fingerprint density at radius 1 is 1.26 bits per heavy atom. The molecule has 38 heavy (non-hydrogen) atoms. The van der Waals surface area contributed by atoms with Crippen molar-refractivity contribution in [1.29, 1.82) is 0 Å². The minimum Gasteiger partial charge on any atom is -0.387 e. The van der Waals surface area contributed by atoms with Gasteiger partial charge in [-0.2, -0.15) is 15.1 Å². The number of halogens is 2. The fraction of sp³-hybridized carbons (Fsp3) is 0.476. The zero-order chi connectivity index (χ0) is 27.6. The molecular formula is C21H24ClFN5O8PS. The Morgan fingerprint density at radius 2 is 1.97 bits per heavy atom. The molecule has 13 nitrogen and oxygen atoms in total. The highest BCUT2D eigenvalue weighted by Gasteiger charge is 2.57. The van der Waals surface area contributed by atoms with Crippen LogP contribution in [0, 0.1) is 0 Å². The van der Waals surface area contributed by atoms with Gasteiger partial charge in [0.1, 0.15) is 24.1 Å². The predicted octanol–water partition coefficient (Wildman–Crippen LogP) is 1.43. The average molecular weight is 592 g/mol. The highest BCUT2D eigenvalue weighted by Crippen LogP contribution is 2.55. The number of aromatic nitrogens is 4. The SMILES string of the molecule is CC(F)(P(=O)(O)O)S(=O)(=O)C[C@H]1O[C@@H](n2ncc3c(NC4CCc5ccccc54)nc(Cl)nc32)[C@H](O)[C@@H]1O. The third kappa shape index (κ3) is 4.50. The predicted molar refractivity (Wildman–Crippen MR) is 133 cm³/mol. The van der Waals surface area contributed by atoms with Gasteiger partial charge < -0.3 is 30.1 Å². The van der Waals surface area contributed by atoms with Gasteiger partial charge in [-0.25, -0.2) is 17.5 Å². The van der Waals surface area contributed by atoms with Crippen molar-refractivity contribution in [3.63, 3.8) is 0 Å². The molecule has 1 fully saturated rings. The summed E-state index contributed by atoms with van der Waals surface area (Å²) >= 11 is 6.17. The maximum atomic E-state index is 14.6. The van der Waals surface area contributed by atoms with Crippen LogP contribution in [0.25, 0.3) is 11.0 Å². The molecule has 1 aliphatic carbocycles. The lowest BCUT2D eigenvalue weighted by atomic mass is 10.1. The number of hydrogen-bond acceptors (Lipinski definition) is 10. The van der Waals surface area contributed by atoms with E-state index in [9.17, 15) is 27.6 Å². The Hall–Kier alpha value is -2.23. The Morgan fingerprint density at radius 3 is 2.68 bits per heavy atom. The lowest BCUT2D eigenvalue weighted by molar-refractivity contribution is -0.0365. The molecule has 3 aromatic rings. The van der Waals surface area contributed by atoms with Gasteiger partial charge in [0, 0.05) is 0 Å². The van der Waals surface area contributed by atoms with Gasteiger partial charge in [-0.05, 0) is 42.5 Å². The number of nitrogens with zero attached hydrogens (tertiary/aromatic N) is 4. The number of ether oxygens (including phenoxy) is 1. The van der Waals surface area contributed by atoms with Crippen LogP contribution in [-0.2, 0) is 25.6 Å². The first-order valence-electron chi connectivity index (χ1n) is 11.4. The van der Waals surface area contributed by atoms with Crippen molar-refractivity contribution in [2.75, 3.05) is 11.1 Å². The van der Waals surface area contributed by atoms with Gasteiger partial charge in [0.2, 0.25) is 5.28 Å². The molecule has 17 heteroatoms. The zero-order valence-corrected chi connectivity index (χ0v) is 22.2. The minimum atomic E-state index is -5.73. The Labute approximate surface area is 220 Å². The van der Waals surface area contributed by atoms with E-state index in [1.54, 1.807) is 0 Å². The first kappa shape index (κ1) is 27.3. The topological polar surface area (TPSA) is 197 Å². The van der Waals surface area contributed by atoms with Crippen LogP contribution in [0.4, 0.5) is 10.2 Å². The number of nitrogens with one attached hydrogen (secondary N) is 1. The van der Waals surface area contributed by atoms with Crippen molar-refractivity contribution in [2.45, 2.75) is 55.1 Å². The lowest BCUT2D eigenvalue weighted by Gasteiger charge is -2.24. The van der Waals surface area contributed by atoms with E-state index in [0.29, 0.717) is 11.2 Å². The smallest absolute Gasteiger partial charge is 0.377 e. The van der Waals surface area contributed by atoms with Crippen molar-refractivity contribution in [3.05, 3.63) is 46.9 Å². The monoisotopic (exact) mass is 591 g/mol. The number of hydrogen-bond donors (Lipinski definition) is 5. The maximum absolute atomic E-state index is 14.6. The van der Waals surface area contributed by atoms with Crippen LogP contribution >= 0.6 is 19.2 Å². The van der Waals surface area contributed by atoms with Crippen LogP contribution in [0.15, 0.2) is 30.5 Å². The number of sulfone groups is 1. The molecule has 0 saturated carbocycles. The number of alkyl halides is 1. The second-order valence-electron chi connectivity index (χ2n) is 9.34. The summed E-state index contributed by atoms with van der Waals surface area (Å²) in [5, 5.41) is 28.8. The summed E-state index contributed by atoms with van der Waals surface area (Å²) in [5.74, 6) is -0.960. The van der Waals surface area contributed by atoms with E-state index in [1.165, 1.54) is 11.8 Å². The van der Waals surface area contributed by atoms with E-state index in [-0.39, 0.29) is 23.9 Å². The Bertz CT molecular complexity index is 1550. The van der Waals surface area contributed by atoms with Crippen LogP contribution in [0.1, 0.15) is 36.7 Å². The van der Waals surface area contributed by atoms with Crippen molar-refractivity contribution in [3.8, 4) is 0 Å². The Kier molecular flexibility index (Phi) is 6.80. The summed E-state index contributed by atoms with van der Waals surface area (Å²) in [5.41, 5.74) is 2.42. The van der Waals surface area contributed by atoms with E-state index in [2.05, 4.69) is 20.4 Å². The highest BCUT2D eigenvalue weighted by molar-refractivity contribution is 7.99. The van der Waals surface area contributed by atoms with Crippen LogP contribution in [0.2, 0.25) is 5.28 Å². The van der Waals surface area contributed by atoms with Crippen LogP contribution in [0.5, 0.6) is 0 Å². The third-order valence-corrected chi connectivity index (χ3v) is 11.6. The van der Waals surface area contributed by atoms with Crippen LogP contribution in [-0.4, -0.2) is 77.0 Å². The van der Waals surface area contributed by atoms with Gasteiger partial charge >= 0.3 is 12.3 Å². The van der Waals surface area contributed by atoms with Gasteiger partial charge in [0.05, 0.1) is 23.4 Å². The lowest BCUT2D eigenvalue weighted by Crippen LogP contribution is -2.41. The van der Waals surface area contributed by atoms with E-state index >= 15 is 0 Å². The summed E-state index contributed by atoms with van der Waals surface area (Å²) in [6, 6.07) is 7.90. The average Bonchev–Trinajstić information content (AvgIpc) is 3.51. The van der Waals surface area contributed by atoms with E-state index < -0.39 is 52.5 Å². The van der Waals surface area contributed by atoms with Crippen molar-refractivity contribution >= 4 is 45.9 Å². The molecule has 1 aliphatic heterocycles. The molecule has 2 aromatic heterocycles. The number of aliphatic hydroxyl groups is 2. The van der Waals surface area contributed by atoms with Gasteiger partial charge in [-0.3, -0.25) is 4.57 Å². The molecule has 1 aromatic carbocycles. The summed E-state index contributed by atoms with van der Waals surface area (Å²) in [4.78, 5) is 26.7. The first-order valence-corrected chi connectivity index (χ1v) is 15.1. The van der Waals surface area contributed by atoms with Gasteiger partial charge in [0.25, 0.3) is 0 Å². The number of aliphatic hydroxyl groups excluding tert-OH is 2. The summed E-state index contributed by atoms with van der Waals surface area (Å²) in [7, 11) is -10.9. The molecule has 0 bridgehead atoms. The highest BCUT2D eigenvalue weighted by atomic mass is 35.5. The van der Waals surface area contributed by atoms with Crippen molar-refractivity contribution in [1.82, 2.24) is 19.7 Å². The van der Waals surface area contributed by atoms with Gasteiger partial charge in [-0.15, -0.1) is 0 Å². The maximum Gasteiger partial charge on any atom is 0.377 e. The second-order valence-corrected chi connectivity index (χ2v) is 14.2. The van der Waals surface area contributed by atoms with Crippen molar-refractivity contribution in [2.24, 2.45) is 0 Å². The van der Waals surface area contributed by atoms with Crippen LogP contribution < -0.4 is 5.32 Å². The van der Waals surface area contributed by atoms with Gasteiger partial charge in [0.15, 0.2) is 21.7 Å². The molecule has 0 amide bonds. The first-order chi connectivity index (χ1) is 17.7. The quantitative estimate of drug-likeness (QED) is 0.196. The second kappa shape index (κ2) is 9.45. The Balaban J connectivity index is 1.43. The van der Waals surface area contributed by atoms with E-state index in [1.807, 2.05) is 24.3 Å². The molecule has 5 N–H and O–H groups in total. The standard InChI is InChI=1S/C21H24ClFN5O8PS/c1-21(23,37(31,32)33)38(34,35)9-14-15(29)16(30)19(36-14)28-18-12(8-24-28)17(26-20(22)27-18)25-13-7-6-10-4-2-3-5-11(10)13/h2-5,8,13-16,19,29-30H,6-7,9H2,1H3,(H,25,26,27)(H2,31,32,33)/t13?,14-,15-,16-,19-,21?/m1/s1. The molecule has 5 rings (SSSR count). The molecule has 0 spiro atoms. The van der Waals surface area contributed by atoms with Crippen molar-refractivity contribution < 1.29 is 42.1 Å². The summed E-state index contributed by atoms with van der Waals surface area (Å²) in [6.45, 7) is 0.232. The summed E-state index contributed by atoms with van der Waals surface area (Å²) < 4.78 is 53.5. The fourth-order valence-corrected chi connectivity index (χ4v) is 7.54. The molecule has 0 radical (unpaired) electrons. The number of anilines is 1. The van der Waals surface area contributed by atoms with Gasteiger partial charge in [-0.1, -0.05) is 24.3 Å². The molecule has 1 saturated heterocycles. The molecule has 6 atom stereocenters. The normalized spacial score (nSPS) is 27.4. The largest absolute Gasteiger partial charge is 0.387 e. The fourth-order valence-electron chi connectivity index (χ4n) is 4.69. The number of fused-ring (bicyclic) bond motifs is 2. The molecule has 206 valence electrons.